The average Bonchev–Trinajstić information content (AvgIpc) is 3.40. The monoisotopic (exact) mass is 392 g/mol. The fourth-order valence-electron chi connectivity index (χ4n) is 3.47. The van der Waals surface area contributed by atoms with E-state index in [1.807, 2.05) is 53.8 Å². The highest BCUT2D eigenvalue weighted by Gasteiger charge is 2.24. The summed E-state index contributed by atoms with van der Waals surface area (Å²) in [6.07, 6.45) is 1.62. The average molecular weight is 392 g/mol. The number of amides is 2. The predicted molar refractivity (Wildman–Crippen MR) is 108 cm³/mol. The van der Waals surface area contributed by atoms with Gasteiger partial charge < -0.3 is 14.6 Å². The van der Waals surface area contributed by atoms with Gasteiger partial charge in [-0.3, -0.25) is 14.3 Å². The van der Waals surface area contributed by atoms with Crippen molar-refractivity contribution in [2.24, 2.45) is 5.92 Å². The van der Waals surface area contributed by atoms with Crippen LogP contribution in [0.4, 0.5) is 0 Å². The molecule has 0 saturated carbocycles. The third-order valence-electron chi connectivity index (χ3n) is 5.04. The molecule has 3 heterocycles. The Labute approximate surface area is 169 Å². The highest BCUT2D eigenvalue weighted by molar-refractivity contribution is 5.94. The largest absolute Gasteiger partial charge is 0.464 e. The van der Waals surface area contributed by atoms with Crippen molar-refractivity contribution in [2.75, 3.05) is 6.54 Å². The number of rotatable bonds is 5. The van der Waals surface area contributed by atoms with Crippen LogP contribution in [0.25, 0.3) is 11.3 Å². The fraction of sp³-hybridized carbons (Fsp3) is 0.318. The van der Waals surface area contributed by atoms with E-state index in [1.54, 1.807) is 18.4 Å². The molecule has 2 aromatic heterocycles. The predicted octanol–water partition coefficient (Wildman–Crippen LogP) is 3.07. The number of furan rings is 1. The minimum Gasteiger partial charge on any atom is -0.464 e. The molecule has 7 heteroatoms. The number of nitrogens with zero attached hydrogens (tertiary/aromatic N) is 3. The van der Waals surface area contributed by atoms with Gasteiger partial charge in [0.25, 0.3) is 5.91 Å². The summed E-state index contributed by atoms with van der Waals surface area (Å²) in [4.78, 5) is 26.5. The lowest BCUT2D eigenvalue weighted by atomic mass is 10.1. The number of hydrogen-bond donors (Lipinski definition) is 1. The third kappa shape index (κ3) is 4.08. The molecule has 0 unspecified atom stereocenters. The van der Waals surface area contributed by atoms with E-state index in [4.69, 9.17) is 4.42 Å². The molecule has 4 rings (SSSR count). The van der Waals surface area contributed by atoms with E-state index in [2.05, 4.69) is 10.4 Å². The number of nitrogens with one attached hydrogen (secondary N) is 1. The van der Waals surface area contributed by atoms with Crippen LogP contribution in [0.1, 0.15) is 35.6 Å². The first kappa shape index (κ1) is 19.0. The van der Waals surface area contributed by atoms with Crippen molar-refractivity contribution in [3.8, 4) is 11.3 Å². The fourth-order valence-corrected chi connectivity index (χ4v) is 3.47. The molecule has 0 fully saturated rings. The molecule has 3 aromatic rings. The molecule has 1 aliphatic heterocycles. The minimum atomic E-state index is -0.154. The highest BCUT2D eigenvalue weighted by Crippen LogP contribution is 2.20. The van der Waals surface area contributed by atoms with Crippen molar-refractivity contribution in [3.05, 3.63) is 65.7 Å². The maximum atomic E-state index is 12.5. The van der Waals surface area contributed by atoms with Crippen molar-refractivity contribution < 1.29 is 14.0 Å². The second kappa shape index (κ2) is 7.95. The van der Waals surface area contributed by atoms with Crippen LogP contribution in [0, 0.1) is 5.92 Å². The van der Waals surface area contributed by atoms with Crippen molar-refractivity contribution in [2.45, 2.75) is 33.5 Å². The molecule has 7 nitrogen and oxygen atoms in total. The van der Waals surface area contributed by atoms with E-state index in [1.165, 1.54) is 0 Å². The molecule has 1 N–H and O–H groups in total. The zero-order valence-corrected chi connectivity index (χ0v) is 16.6. The second-order valence-electron chi connectivity index (χ2n) is 7.50. The lowest BCUT2D eigenvalue weighted by molar-refractivity contribution is -0.136. The Kier molecular flexibility index (Phi) is 5.20. The van der Waals surface area contributed by atoms with Gasteiger partial charge in [-0.1, -0.05) is 26.0 Å². The number of hydrogen-bond acceptors (Lipinski definition) is 4. The van der Waals surface area contributed by atoms with E-state index in [-0.39, 0.29) is 17.7 Å². The molecule has 0 radical (unpaired) electrons. The van der Waals surface area contributed by atoms with Gasteiger partial charge in [-0.15, -0.1) is 0 Å². The van der Waals surface area contributed by atoms with Crippen molar-refractivity contribution in [1.82, 2.24) is 20.0 Å². The van der Waals surface area contributed by atoms with Gasteiger partial charge in [0, 0.05) is 23.6 Å². The van der Waals surface area contributed by atoms with Crippen LogP contribution in [0.3, 0.4) is 0 Å². The molecule has 150 valence electrons. The van der Waals surface area contributed by atoms with Crippen LogP contribution in [0.5, 0.6) is 0 Å². The first-order chi connectivity index (χ1) is 14.0. The van der Waals surface area contributed by atoms with E-state index in [9.17, 15) is 9.59 Å². The van der Waals surface area contributed by atoms with E-state index < -0.39 is 0 Å². The van der Waals surface area contributed by atoms with Gasteiger partial charge in [0.15, 0.2) is 0 Å². The molecule has 29 heavy (non-hydrogen) atoms. The number of carbonyl (C=O) groups is 2. The van der Waals surface area contributed by atoms with Crippen molar-refractivity contribution >= 4 is 11.8 Å². The minimum absolute atomic E-state index is 0.0117. The summed E-state index contributed by atoms with van der Waals surface area (Å²) in [5.41, 5.74) is 3.29. The summed E-state index contributed by atoms with van der Waals surface area (Å²) < 4.78 is 7.29. The summed E-state index contributed by atoms with van der Waals surface area (Å²) in [7, 11) is 0. The lowest BCUT2D eigenvalue weighted by Gasteiger charge is -2.29. The molecule has 0 spiro atoms. The van der Waals surface area contributed by atoms with Gasteiger partial charge in [0.1, 0.15) is 5.76 Å². The van der Waals surface area contributed by atoms with Crippen LogP contribution in [-0.4, -0.2) is 33.0 Å². The number of aromatic nitrogens is 2. The summed E-state index contributed by atoms with van der Waals surface area (Å²) in [6.45, 7) is 6.07. The standard InChI is InChI=1S/C22H24N4O3/c1-15(2)22(28)25-9-10-26-19(14-25)12-18(24-26)13-23-21(27)17-7-5-16(6-8-17)20-4-3-11-29-20/h3-8,11-12,15H,9-10,13-14H2,1-2H3,(H,23,27). The zero-order valence-electron chi connectivity index (χ0n) is 16.6. The van der Waals surface area contributed by atoms with Crippen LogP contribution in [0.15, 0.2) is 53.1 Å². The molecule has 0 atom stereocenters. The molecule has 0 bridgehead atoms. The Morgan fingerprint density at radius 2 is 1.97 bits per heavy atom. The Morgan fingerprint density at radius 3 is 2.66 bits per heavy atom. The van der Waals surface area contributed by atoms with Gasteiger partial charge in [-0.05, 0) is 30.3 Å². The number of benzene rings is 1. The molecule has 1 aliphatic rings. The molecule has 1 aromatic carbocycles. The van der Waals surface area contributed by atoms with Crippen LogP contribution >= 0.6 is 0 Å². The molecular formula is C22H24N4O3. The van der Waals surface area contributed by atoms with E-state index in [0.29, 0.717) is 31.7 Å². The number of fused-ring (bicyclic) bond motifs is 1. The molecule has 0 saturated heterocycles. The lowest BCUT2D eigenvalue weighted by Crippen LogP contribution is -2.40. The van der Waals surface area contributed by atoms with Crippen molar-refractivity contribution in [1.29, 1.82) is 0 Å². The Hall–Kier alpha value is -3.35. The Bertz CT molecular complexity index is 1000. The Balaban J connectivity index is 1.36. The van der Waals surface area contributed by atoms with Gasteiger partial charge in [-0.25, -0.2) is 0 Å². The normalized spacial score (nSPS) is 13.4. The summed E-state index contributed by atoms with van der Waals surface area (Å²) in [5, 5.41) is 7.47. The summed E-state index contributed by atoms with van der Waals surface area (Å²) in [5.74, 6) is 0.761. The topological polar surface area (TPSA) is 80.4 Å². The van der Waals surface area contributed by atoms with Crippen LogP contribution in [-0.2, 0) is 24.4 Å². The van der Waals surface area contributed by atoms with Crippen LogP contribution in [0.2, 0.25) is 0 Å². The second-order valence-corrected chi connectivity index (χ2v) is 7.50. The van der Waals surface area contributed by atoms with E-state index >= 15 is 0 Å². The van der Waals surface area contributed by atoms with Gasteiger partial charge in [0.2, 0.25) is 5.91 Å². The smallest absolute Gasteiger partial charge is 0.251 e. The molecule has 0 aliphatic carbocycles. The highest BCUT2D eigenvalue weighted by atomic mass is 16.3. The third-order valence-corrected chi connectivity index (χ3v) is 5.04. The maximum absolute atomic E-state index is 12.5. The maximum Gasteiger partial charge on any atom is 0.251 e. The summed E-state index contributed by atoms with van der Waals surface area (Å²) >= 11 is 0. The number of carbonyl (C=O) groups excluding carboxylic acids is 2. The Morgan fingerprint density at radius 1 is 1.17 bits per heavy atom. The quantitative estimate of drug-likeness (QED) is 0.724. The SMILES string of the molecule is CC(C)C(=O)N1CCn2nc(CNC(=O)c3ccc(-c4ccco4)cc3)cc2C1. The zero-order chi connectivity index (χ0) is 20.4. The molecular weight excluding hydrogens is 368 g/mol. The van der Waals surface area contributed by atoms with Gasteiger partial charge in [0.05, 0.1) is 37.3 Å². The van der Waals surface area contributed by atoms with Gasteiger partial charge in [-0.2, -0.15) is 5.10 Å². The summed E-state index contributed by atoms with van der Waals surface area (Å²) in [6, 6.07) is 13.0. The van der Waals surface area contributed by atoms with E-state index in [0.717, 1.165) is 22.7 Å². The van der Waals surface area contributed by atoms with Crippen molar-refractivity contribution in [3.63, 3.8) is 0 Å². The first-order valence-electron chi connectivity index (χ1n) is 9.78. The van der Waals surface area contributed by atoms with Crippen LogP contribution < -0.4 is 5.32 Å². The first-order valence-corrected chi connectivity index (χ1v) is 9.78. The molecule has 2 amide bonds. The van der Waals surface area contributed by atoms with Gasteiger partial charge >= 0.3 is 0 Å².